The van der Waals surface area contributed by atoms with Crippen LogP contribution in [0, 0.1) is 5.92 Å². The fourth-order valence-electron chi connectivity index (χ4n) is 3.13. The fourth-order valence-corrected chi connectivity index (χ4v) is 4.44. The van der Waals surface area contributed by atoms with Gasteiger partial charge in [0.25, 0.3) is 0 Å². The highest BCUT2D eigenvalue weighted by atomic mass is 32.1. The molecule has 0 aliphatic heterocycles. The zero-order chi connectivity index (χ0) is 15.9. The Morgan fingerprint density at radius 1 is 1.55 bits per heavy atom. The van der Waals surface area contributed by atoms with E-state index < -0.39 is 17.8 Å². The van der Waals surface area contributed by atoms with Crippen LogP contribution in [-0.2, 0) is 17.6 Å². The molecule has 0 bridgehead atoms. The van der Waals surface area contributed by atoms with Crippen LogP contribution in [0.5, 0.6) is 0 Å². The maximum absolute atomic E-state index is 13.7. The number of hydrogen-bond donors (Lipinski definition) is 2. The molecule has 0 saturated heterocycles. The number of aryl methyl sites for hydroxylation is 1. The Morgan fingerprint density at radius 3 is 2.86 bits per heavy atom. The second-order valence-electron chi connectivity index (χ2n) is 6.31. The summed E-state index contributed by atoms with van der Waals surface area (Å²) in [7, 11) is 0. The van der Waals surface area contributed by atoms with Crippen LogP contribution in [0.2, 0.25) is 0 Å². The molecule has 0 aromatic carbocycles. The molecular weight excluding hydrogens is 305 g/mol. The molecule has 122 valence electrons. The van der Waals surface area contributed by atoms with Gasteiger partial charge in [-0.2, -0.15) is 0 Å². The van der Waals surface area contributed by atoms with Crippen LogP contribution in [-0.4, -0.2) is 29.6 Å². The van der Waals surface area contributed by atoms with Crippen LogP contribution in [0.4, 0.5) is 9.39 Å². The van der Waals surface area contributed by atoms with E-state index in [1.165, 1.54) is 23.1 Å². The second-order valence-corrected chi connectivity index (χ2v) is 7.42. The minimum absolute atomic E-state index is 0.316. The summed E-state index contributed by atoms with van der Waals surface area (Å²) >= 11 is 1.50. The predicted molar refractivity (Wildman–Crippen MR) is 84.2 cm³/mol. The summed E-state index contributed by atoms with van der Waals surface area (Å²) in [4.78, 5) is 13.5. The molecule has 0 amide bonds. The Bertz CT molecular complexity index is 584. The van der Waals surface area contributed by atoms with E-state index in [9.17, 15) is 14.3 Å². The van der Waals surface area contributed by atoms with Gasteiger partial charge in [-0.25, -0.2) is 9.18 Å². The predicted octanol–water partition coefficient (Wildman–Crippen LogP) is 3.28. The number of hydrogen-bond acceptors (Lipinski definition) is 5. The standard InChI is InChI=1S/C16H22FNO3S/c1-3-21-15(20)12-9-6-4-5-7-11(9)22-14(12)18-13(19)10-8-16(10,2)17/h10,13,18-19H,3-8H2,1-2H3. The molecule has 1 saturated carbocycles. The number of anilines is 1. The van der Waals surface area contributed by atoms with Crippen molar-refractivity contribution in [3.63, 3.8) is 0 Å². The average molecular weight is 327 g/mol. The Hall–Kier alpha value is -1.14. The zero-order valence-corrected chi connectivity index (χ0v) is 13.8. The van der Waals surface area contributed by atoms with Crippen LogP contribution < -0.4 is 5.32 Å². The Labute approximate surface area is 133 Å². The van der Waals surface area contributed by atoms with Gasteiger partial charge in [-0.15, -0.1) is 11.3 Å². The number of carbonyl (C=O) groups excluding carboxylic acids is 1. The number of ether oxygens (including phenoxy) is 1. The van der Waals surface area contributed by atoms with Gasteiger partial charge in [0, 0.05) is 10.8 Å². The van der Waals surface area contributed by atoms with Gasteiger partial charge < -0.3 is 15.2 Å². The topological polar surface area (TPSA) is 58.6 Å². The zero-order valence-electron chi connectivity index (χ0n) is 12.9. The summed E-state index contributed by atoms with van der Waals surface area (Å²) in [6.45, 7) is 3.59. The van der Waals surface area contributed by atoms with Crippen molar-refractivity contribution in [1.82, 2.24) is 0 Å². The van der Waals surface area contributed by atoms with Crippen LogP contribution in [0.25, 0.3) is 0 Å². The summed E-state index contributed by atoms with van der Waals surface area (Å²) in [5.41, 5.74) is 0.276. The van der Waals surface area contributed by atoms with Crippen LogP contribution >= 0.6 is 11.3 Å². The number of carbonyl (C=O) groups is 1. The molecule has 2 N–H and O–H groups in total. The van der Waals surface area contributed by atoms with Gasteiger partial charge in [0.05, 0.1) is 12.2 Å². The number of aliphatic hydroxyl groups is 1. The summed E-state index contributed by atoms with van der Waals surface area (Å²) in [5.74, 6) is -0.767. The number of esters is 1. The monoisotopic (exact) mass is 327 g/mol. The van der Waals surface area contributed by atoms with Gasteiger partial charge in [0.1, 0.15) is 16.9 Å². The Balaban J connectivity index is 1.86. The van der Waals surface area contributed by atoms with Crippen LogP contribution in [0.15, 0.2) is 0 Å². The number of halogens is 1. The number of rotatable bonds is 5. The summed E-state index contributed by atoms with van der Waals surface area (Å²) in [5, 5.41) is 13.8. The lowest BCUT2D eigenvalue weighted by atomic mass is 9.95. The Kier molecular flexibility index (Phi) is 4.16. The van der Waals surface area contributed by atoms with Crippen molar-refractivity contribution in [2.45, 2.75) is 57.8 Å². The van der Waals surface area contributed by atoms with Crippen molar-refractivity contribution >= 4 is 22.3 Å². The molecule has 22 heavy (non-hydrogen) atoms. The molecule has 3 rings (SSSR count). The average Bonchev–Trinajstić information content (AvgIpc) is 2.95. The van der Waals surface area contributed by atoms with Crippen molar-refractivity contribution in [1.29, 1.82) is 0 Å². The first-order chi connectivity index (χ1) is 10.4. The molecule has 1 aromatic rings. The van der Waals surface area contributed by atoms with E-state index in [4.69, 9.17) is 4.74 Å². The molecule has 1 fully saturated rings. The maximum Gasteiger partial charge on any atom is 0.341 e. The van der Waals surface area contributed by atoms with E-state index in [0.717, 1.165) is 31.2 Å². The highest BCUT2D eigenvalue weighted by molar-refractivity contribution is 7.16. The summed E-state index contributed by atoms with van der Waals surface area (Å²) < 4.78 is 18.9. The number of aliphatic hydroxyl groups excluding tert-OH is 1. The molecule has 3 unspecified atom stereocenters. The number of nitrogens with one attached hydrogen (secondary N) is 1. The third-order valence-corrected chi connectivity index (χ3v) is 5.77. The third kappa shape index (κ3) is 2.86. The van der Waals surface area contributed by atoms with E-state index in [1.54, 1.807) is 6.92 Å². The van der Waals surface area contributed by atoms with Crippen molar-refractivity contribution < 1.29 is 19.0 Å². The molecule has 6 heteroatoms. The first kappa shape index (κ1) is 15.7. The summed E-state index contributed by atoms with van der Waals surface area (Å²) in [6, 6.07) is 0. The first-order valence-electron chi connectivity index (χ1n) is 7.89. The number of fused-ring (bicyclic) bond motifs is 1. The highest BCUT2D eigenvalue weighted by Gasteiger charge is 2.55. The molecule has 2 aliphatic carbocycles. The van der Waals surface area contributed by atoms with E-state index in [2.05, 4.69) is 5.32 Å². The molecule has 4 nitrogen and oxygen atoms in total. The Morgan fingerprint density at radius 2 is 2.23 bits per heavy atom. The molecule has 2 aliphatic rings. The lowest BCUT2D eigenvalue weighted by molar-refractivity contribution is 0.0526. The van der Waals surface area contributed by atoms with Gasteiger partial charge in [-0.3, -0.25) is 0 Å². The highest BCUT2D eigenvalue weighted by Crippen LogP contribution is 2.49. The smallest absolute Gasteiger partial charge is 0.341 e. The molecule has 0 radical (unpaired) electrons. The summed E-state index contributed by atoms with van der Waals surface area (Å²) in [6.07, 6.45) is 3.37. The quantitative estimate of drug-likeness (QED) is 0.644. The van der Waals surface area contributed by atoms with Gasteiger partial charge >= 0.3 is 5.97 Å². The molecule has 0 spiro atoms. The second kappa shape index (κ2) is 5.81. The SMILES string of the molecule is CCOC(=O)c1c(NC(O)C2CC2(C)F)sc2c1CCCC2. The molecule has 3 atom stereocenters. The maximum atomic E-state index is 13.7. The lowest BCUT2D eigenvalue weighted by Gasteiger charge is -2.15. The number of alkyl halides is 1. The minimum atomic E-state index is -1.31. The fraction of sp³-hybridized carbons (Fsp3) is 0.688. The third-order valence-electron chi connectivity index (χ3n) is 4.54. The van der Waals surface area contributed by atoms with Crippen molar-refractivity contribution in [3.8, 4) is 0 Å². The normalized spacial score (nSPS) is 27.9. The van der Waals surface area contributed by atoms with Gasteiger partial charge in [-0.1, -0.05) is 0 Å². The molecular formula is C16H22FNO3S. The van der Waals surface area contributed by atoms with E-state index in [-0.39, 0.29) is 5.97 Å². The molecule has 1 aromatic heterocycles. The van der Waals surface area contributed by atoms with E-state index in [1.807, 2.05) is 0 Å². The van der Waals surface area contributed by atoms with Crippen LogP contribution in [0.1, 0.15) is 53.9 Å². The minimum Gasteiger partial charge on any atom is -0.462 e. The van der Waals surface area contributed by atoms with Gasteiger partial charge in [0.2, 0.25) is 0 Å². The first-order valence-corrected chi connectivity index (χ1v) is 8.71. The van der Waals surface area contributed by atoms with Gasteiger partial charge in [0.15, 0.2) is 0 Å². The van der Waals surface area contributed by atoms with E-state index in [0.29, 0.717) is 23.6 Å². The van der Waals surface area contributed by atoms with Crippen molar-refractivity contribution in [2.75, 3.05) is 11.9 Å². The lowest BCUT2D eigenvalue weighted by Crippen LogP contribution is -2.25. The van der Waals surface area contributed by atoms with Gasteiger partial charge in [-0.05, 0) is 51.5 Å². The largest absolute Gasteiger partial charge is 0.462 e. The van der Waals surface area contributed by atoms with Crippen molar-refractivity contribution in [2.24, 2.45) is 5.92 Å². The van der Waals surface area contributed by atoms with Crippen molar-refractivity contribution in [3.05, 3.63) is 16.0 Å². The van der Waals surface area contributed by atoms with Crippen LogP contribution in [0.3, 0.4) is 0 Å². The van der Waals surface area contributed by atoms with E-state index >= 15 is 0 Å². The molecule has 1 heterocycles. The number of thiophene rings is 1.